The number of carbonyl (C=O) groups excluding carboxylic acids is 1. The third kappa shape index (κ3) is 5.66. The lowest BCUT2D eigenvalue weighted by Crippen LogP contribution is -2.32. The molecule has 0 aliphatic carbocycles. The largest absolute Gasteiger partial charge is 0.274 e. The van der Waals surface area contributed by atoms with E-state index in [1.54, 1.807) is 0 Å². The molecule has 0 aliphatic rings. The molecule has 9 heteroatoms. The molecule has 2 aromatic carbocycles. The third-order valence-corrected chi connectivity index (χ3v) is 7.14. The van der Waals surface area contributed by atoms with Crippen molar-refractivity contribution in [1.29, 1.82) is 0 Å². The summed E-state index contributed by atoms with van der Waals surface area (Å²) in [6.07, 6.45) is 0.721. The molecular formula is C21H26FNO5S2. The minimum absolute atomic E-state index is 0.0657. The summed E-state index contributed by atoms with van der Waals surface area (Å²) in [7, 11) is -7.88. The van der Waals surface area contributed by atoms with E-state index < -0.39 is 31.6 Å². The van der Waals surface area contributed by atoms with Crippen LogP contribution in [0.15, 0.2) is 46.2 Å². The molecule has 0 aromatic heterocycles. The Labute approximate surface area is 177 Å². The Balaban J connectivity index is 2.38. The van der Waals surface area contributed by atoms with E-state index in [0.717, 1.165) is 12.3 Å². The lowest BCUT2D eigenvalue weighted by atomic mass is 9.87. The van der Waals surface area contributed by atoms with Crippen LogP contribution in [-0.4, -0.2) is 29.0 Å². The van der Waals surface area contributed by atoms with Crippen LogP contribution < -0.4 is 4.72 Å². The topological polar surface area (TPSA) is 97.4 Å². The highest BCUT2D eigenvalue weighted by molar-refractivity contribution is 7.91. The molecule has 0 heterocycles. The fourth-order valence-corrected chi connectivity index (χ4v) is 4.96. The summed E-state index contributed by atoms with van der Waals surface area (Å²) in [5, 5.41) is 0. The van der Waals surface area contributed by atoms with E-state index in [0.29, 0.717) is 16.7 Å². The Hall–Kier alpha value is -2.26. The maximum atomic E-state index is 14.0. The molecule has 2 rings (SSSR count). The zero-order valence-corrected chi connectivity index (χ0v) is 19.2. The SMILES string of the molecule is CC(C)c1cc(F)cc(C(C)C)c1CC(=O)NS(=O)(=O)c1cccc(S(C)(=O)=O)c1. The number of nitrogens with one attached hydrogen (secondary N) is 1. The molecule has 6 nitrogen and oxygen atoms in total. The molecule has 1 amide bonds. The van der Waals surface area contributed by atoms with Gasteiger partial charge in [-0.1, -0.05) is 33.8 Å². The fraction of sp³-hybridized carbons (Fsp3) is 0.381. The summed E-state index contributed by atoms with van der Waals surface area (Å²) in [4.78, 5) is 12.1. The fourth-order valence-electron chi connectivity index (χ4n) is 3.19. The van der Waals surface area contributed by atoms with E-state index in [2.05, 4.69) is 0 Å². The van der Waals surface area contributed by atoms with Crippen LogP contribution in [0.2, 0.25) is 0 Å². The van der Waals surface area contributed by atoms with Crippen LogP contribution in [0.4, 0.5) is 4.39 Å². The second kappa shape index (κ2) is 8.85. The van der Waals surface area contributed by atoms with Crippen LogP contribution in [0.5, 0.6) is 0 Å². The predicted molar refractivity (Wildman–Crippen MR) is 113 cm³/mol. The van der Waals surface area contributed by atoms with E-state index in [1.807, 2.05) is 32.4 Å². The third-order valence-electron chi connectivity index (χ3n) is 4.66. The summed E-state index contributed by atoms with van der Waals surface area (Å²) in [5.74, 6) is -1.32. The van der Waals surface area contributed by atoms with Crippen molar-refractivity contribution in [1.82, 2.24) is 4.72 Å². The van der Waals surface area contributed by atoms with Gasteiger partial charge in [0.05, 0.1) is 16.2 Å². The van der Waals surface area contributed by atoms with Crippen LogP contribution in [-0.2, 0) is 31.1 Å². The van der Waals surface area contributed by atoms with Crippen LogP contribution in [0.3, 0.4) is 0 Å². The predicted octanol–water partition coefficient (Wildman–Crippen LogP) is 3.52. The molecule has 0 radical (unpaired) electrons. The van der Waals surface area contributed by atoms with E-state index in [9.17, 15) is 26.0 Å². The number of amides is 1. The molecule has 0 aliphatic heterocycles. The van der Waals surface area contributed by atoms with Crippen molar-refractivity contribution in [3.8, 4) is 0 Å². The highest BCUT2D eigenvalue weighted by Gasteiger charge is 2.23. The number of halogens is 1. The first-order chi connectivity index (χ1) is 13.7. The highest BCUT2D eigenvalue weighted by Crippen LogP contribution is 2.29. The quantitative estimate of drug-likeness (QED) is 0.689. The number of hydrogen-bond donors (Lipinski definition) is 1. The summed E-state index contributed by atoms with van der Waals surface area (Å²) in [5.41, 5.74) is 1.88. The number of carbonyl (C=O) groups is 1. The lowest BCUT2D eigenvalue weighted by Gasteiger charge is -2.20. The van der Waals surface area contributed by atoms with Gasteiger partial charge in [-0.3, -0.25) is 4.79 Å². The molecule has 164 valence electrons. The molecule has 0 bridgehead atoms. The van der Waals surface area contributed by atoms with E-state index in [1.165, 1.54) is 30.3 Å². The number of benzene rings is 2. The van der Waals surface area contributed by atoms with Gasteiger partial charge in [0.1, 0.15) is 5.82 Å². The molecule has 30 heavy (non-hydrogen) atoms. The van der Waals surface area contributed by atoms with E-state index in [4.69, 9.17) is 0 Å². The Morgan fingerprint density at radius 3 is 1.90 bits per heavy atom. The number of rotatable bonds is 7. The average Bonchev–Trinajstić information content (AvgIpc) is 2.61. The molecule has 0 fully saturated rings. The van der Waals surface area contributed by atoms with Crippen LogP contribution in [0, 0.1) is 5.82 Å². The molecule has 2 aromatic rings. The van der Waals surface area contributed by atoms with Gasteiger partial charge in [0, 0.05) is 6.26 Å². The van der Waals surface area contributed by atoms with Crippen LogP contribution in [0.25, 0.3) is 0 Å². The molecular weight excluding hydrogens is 429 g/mol. The zero-order valence-electron chi connectivity index (χ0n) is 17.6. The van der Waals surface area contributed by atoms with Crippen molar-refractivity contribution in [2.45, 2.75) is 55.7 Å². The van der Waals surface area contributed by atoms with Gasteiger partial charge in [0.25, 0.3) is 10.0 Å². The second-order valence-electron chi connectivity index (χ2n) is 7.82. The van der Waals surface area contributed by atoms with Gasteiger partial charge in [0.15, 0.2) is 9.84 Å². The monoisotopic (exact) mass is 455 g/mol. The van der Waals surface area contributed by atoms with Crippen LogP contribution >= 0.6 is 0 Å². The van der Waals surface area contributed by atoms with E-state index in [-0.39, 0.29) is 28.0 Å². The second-order valence-corrected chi connectivity index (χ2v) is 11.5. The molecule has 0 saturated heterocycles. The average molecular weight is 456 g/mol. The summed E-state index contributed by atoms with van der Waals surface area (Å²) < 4.78 is 64.7. The molecule has 0 unspecified atom stereocenters. The molecule has 0 atom stereocenters. The molecule has 1 N–H and O–H groups in total. The number of sulfonamides is 1. The Morgan fingerprint density at radius 1 is 0.933 bits per heavy atom. The molecule has 0 saturated carbocycles. The van der Waals surface area contributed by atoms with Crippen molar-refractivity contribution in [3.63, 3.8) is 0 Å². The first-order valence-electron chi connectivity index (χ1n) is 9.40. The van der Waals surface area contributed by atoms with Crippen molar-refractivity contribution in [3.05, 3.63) is 58.9 Å². The highest BCUT2D eigenvalue weighted by atomic mass is 32.2. The Bertz CT molecular complexity index is 1140. The smallest absolute Gasteiger partial charge is 0.264 e. The Morgan fingerprint density at radius 2 is 1.43 bits per heavy atom. The maximum Gasteiger partial charge on any atom is 0.264 e. The normalized spacial score (nSPS) is 12.4. The summed E-state index contributed by atoms with van der Waals surface area (Å²) in [6.45, 7) is 7.48. The Kier molecular flexibility index (Phi) is 7.08. The van der Waals surface area contributed by atoms with Gasteiger partial charge < -0.3 is 0 Å². The van der Waals surface area contributed by atoms with Crippen LogP contribution in [0.1, 0.15) is 56.2 Å². The van der Waals surface area contributed by atoms with Crippen molar-refractivity contribution < 1.29 is 26.0 Å². The number of hydrogen-bond acceptors (Lipinski definition) is 5. The van der Waals surface area contributed by atoms with Gasteiger partial charge in [-0.05, 0) is 58.9 Å². The summed E-state index contributed by atoms with van der Waals surface area (Å²) in [6, 6.07) is 7.51. The van der Waals surface area contributed by atoms with Gasteiger partial charge in [-0.25, -0.2) is 25.9 Å². The standard InChI is InChI=1S/C21H26FNO5S2/c1-13(2)18-9-15(22)10-19(14(3)4)20(18)12-21(24)23-30(27,28)17-8-6-7-16(11-17)29(5,25)26/h6-11,13-14H,12H2,1-5H3,(H,23,24). The van der Waals surface area contributed by atoms with E-state index >= 15 is 0 Å². The minimum atomic E-state index is -4.27. The summed E-state index contributed by atoms with van der Waals surface area (Å²) >= 11 is 0. The first kappa shape index (κ1) is 24.0. The van der Waals surface area contributed by atoms with Crippen molar-refractivity contribution in [2.75, 3.05) is 6.26 Å². The van der Waals surface area contributed by atoms with Gasteiger partial charge >= 0.3 is 0 Å². The first-order valence-corrected chi connectivity index (χ1v) is 12.8. The maximum absolute atomic E-state index is 14.0. The van der Waals surface area contributed by atoms with Crippen molar-refractivity contribution in [2.24, 2.45) is 0 Å². The van der Waals surface area contributed by atoms with Gasteiger partial charge in [0.2, 0.25) is 5.91 Å². The zero-order chi connectivity index (χ0) is 22.9. The lowest BCUT2D eigenvalue weighted by molar-refractivity contribution is -0.118. The number of sulfone groups is 1. The van der Waals surface area contributed by atoms with Crippen molar-refractivity contribution >= 4 is 25.8 Å². The van der Waals surface area contributed by atoms with Gasteiger partial charge in [-0.15, -0.1) is 0 Å². The van der Waals surface area contributed by atoms with Gasteiger partial charge in [-0.2, -0.15) is 0 Å². The molecule has 0 spiro atoms. The minimum Gasteiger partial charge on any atom is -0.274 e.